The van der Waals surface area contributed by atoms with Crippen LogP contribution in [0.5, 0.6) is 11.5 Å². The summed E-state index contributed by atoms with van der Waals surface area (Å²) in [5, 5.41) is 7.54. The minimum Gasteiger partial charge on any atom is -0.485 e. The molecule has 2 aliphatic rings. The number of aromatic nitrogens is 2. The molecule has 2 aliphatic heterocycles. The number of hydrogen-bond acceptors (Lipinski definition) is 5. The van der Waals surface area contributed by atoms with E-state index in [4.69, 9.17) is 9.47 Å². The first kappa shape index (κ1) is 17.9. The Kier molecular flexibility index (Phi) is 5.03. The number of carbonyl (C=O) groups is 1. The van der Waals surface area contributed by atoms with Gasteiger partial charge in [0.2, 0.25) is 6.10 Å². The number of benzene rings is 1. The molecule has 1 N–H and O–H groups in total. The second-order valence-corrected chi connectivity index (χ2v) is 7.56. The minimum absolute atomic E-state index is 0.183. The van der Waals surface area contributed by atoms with E-state index < -0.39 is 6.10 Å². The molecule has 1 atom stereocenters. The number of hydrogen-bond donors (Lipinski definition) is 1. The molecule has 7 heteroatoms. The summed E-state index contributed by atoms with van der Waals surface area (Å²) in [6.45, 7) is 9.01. The molecule has 1 amide bonds. The molecule has 0 unspecified atom stereocenters. The van der Waals surface area contributed by atoms with E-state index in [0.717, 1.165) is 31.9 Å². The summed E-state index contributed by atoms with van der Waals surface area (Å²) in [6.07, 6.45) is -0.640. The SMILES string of the molecule is CC(C)CN1CCn2nc(CNC(=O)[C@H]3COc4ccccc4O3)cc2C1. The number of nitrogens with one attached hydrogen (secondary N) is 1. The largest absolute Gasteiger partial charge is 0.485 e. The molecule has 7 nitrogen and oxygen atoms in total. The van der Waals surface area contributed by atoms with Gasteiger partial charge in [0.05, 0.1) is 24.5 Å². The summed E-state index contributed by atoms with van der Waals surface area (Å²) in [7, 11) is 0. The van der Waals surface area contributed by atoms with Crippen molar-refractivity contribution in [1.82, 2.24) is 20.0 Å². The second kappa shape index (κ2) is 7.60. The van der Waals surface area contributed by atoms with Gasteiger partial charge in [0, 0.05) is 19.6 Å². The Hall–Kier alpha value is -2.54. The molecule has 0 radical (unpaired) electrons. The lowest BCUT2D eigenvalue weighted by Gasteiger charge is -2.28. The lowest BCUT2D eigenvalue weighted by Crippen LogP contribution is -2.43. The van der Waals surface area contributed by atoms with Crippen molar-refractivity contribution in [2.24, 2.45) is 5.92 Å². The highest BCUT2D eigenvalue weighted by Crippen LogP contribution is 2.30. The van der Waals surface area contributed by atoms with Crippen molar-refractivity contribution in [1.29, 1.82) is 0 Å². The van der Waals surface area contributed by atoms with Gasteiger partial charge in [0.15, 0.2) is 11.5 Å². The van der Waals surface area contributed by atoms with Crippen molar-refractivity contribution in [2.45, 2.75) is 39.6 Å². The topological polar surface area (TPSA) is 68.6 Å². The zero-order valence-corrected chi connectivity index (χ0v) is 15.9. The monoisotopic (exact) mass is 370 g/mol. The number of carbonyl (C=O) groups excluding carboxylic acids is 1. The first-order valence-corrected chi connectivity index (χ1v) is 9.52. The molecular formula is C20H26N4O3. The molecule has 2 aromatic rings. The fraction of sp³-hybridized carbons (Fsp3) is 0.500. The van der Waals surface area contributed by atoms with E-state index in [-0.39, 0.29) is 12.5 Å². The van der Waals surface area contributed by atoms with Gasteiger partial charge in [-0.1, -0.05) is 26.0 Å². The van der Waals surface area contributed by atoms with Gasteiger partial charge in [0.1, 0.15) is 6.61 Å². The van der Waals surface area contributed by atoms with Crippen LogP contribution in [0.1, 0.15) is 25.2 Å². The first-order chi connectivity index (χ1) is 13.1. The van der Waals surface area contributed by atoms with Crippen molar-refractivity contribution >= 4 is 5.91 Å². The van der Waals surface area contributed by atoms with Gasteiger partial charge in [-0.3, -0.25) is 14.4 Å². The first-order valence-electron chi connectivity index (χ1n) is 9.52. The molecule has 0 saturated heterocycles. The third-order valence-corrected chi connectivity index (χ3v) is 4.80. The van der Waals surface area contributed by atoms with Crippen LogP contribution in [0.25, 0.3) is 0 Å². The van der Waals surface area contributed by atoms with Gasteiger partial charge >= 0.3 is 0 Å². The molecule has 0 bridgehead atoms. The molecule has 1 aromatic heterocycles. The predicted molar refractivity (Wildman–Crippen MR) is 101 cm³/mol. The zero-order chi connectivity index (χ0) is 18.8. The average molecular weight is 370 g/mol. The van der Waals surface area contributed by atoms with E-state index in [9.17, 15) is 4.79 Å². The molecular weight excluding hydrogens is 344 g/mol. The van der Waals surface area contributed by atoms with E-state index in [0.29, 0.717) is 24.0 Å². The molecule has 4 rings (SSSR count). The maximum atomic E-state index is 12.4. The minimum atomic E-state index is -0.640. The van der Waals surface area contributed by atoms with Crippen molar-refractivity contribution in [3.05, 3.63) is 41.7 Å². The van der Waals surface area contributed by atoms with Crippen LogP contribution in [0.3, 0.4) is 0 Å². The standard InChI is InChI=1S/C20H26N4O3/c1-14(2)11-23-7-8-24-16(12-23)9-15(22-24)10-21-20(25)19-13-26-17-5-3-4-6-18(17)27-19/h3-6,9,14,19H,7-8,10-13H2,1-2H3,(H,21,25)/t19-/m1/s1. The van der Waals surface area contributed by atoms with E-state index in [1.165, 1.54) is 5.69 Å². The lowest BCUT2D eigenvalue weighted by atomic mass is 10.2. The maximum absolute atomic E-state index is 12.4. The highest BCUT2D eigenvalue weighted by molar-refractivity contribution is 5.81. The summed E-state index contributed by atoms with van der Waals surface area (Å²) in [5.41, 5.74) is 2.08. The van der Waals surface area contributed by atoms with Crippen molar-refractivity contribution < 1.29 is 14.3 Å². The van der Waals surface area contributed by atoms with Gasteiger partial charge < -0.3 is 14.8 Å². The van der Waals surface area contributed by atoms with Crippen molar-refractivity contribution in [3.63, 3.8) is 0 Å². The van der Waals surface area contributed by atoms with Crippen LogP contribution in [0.2, 0.25) is 0 Å². The molecule has 0 spiro atoms. The smallest absolute Gasteiger partial charge is 0.265 e. The highest BCUT2D eigenvalue weighted by atomic mass is 16.6. The van der Waals surface area contributed by atoms with E-state index >= 15 is 0 Å². The number of fused-ring (bicyclic) bond motifs is 2. The summed E-state index contributed by atoms with van der Waals surface area (Å²) in [5.74, 6) is 1.75. The zero-order valence-electron chi connectivity index (χ0n) is 15.9. The summed E-state index contributed by atoms with van der Waals surface area (Å²) >= 11 is 0. The fourth-order valence-electron chi connectivity index (χ4n) is 3.58. The summed E-state index contributed by atoms with van der Waals surface area (Å²) in [6, 6.07) is 9.47. The summed E-state index contributed by atoms with van der Waals surface area (Å²) < 4.78 is 13.4. The van der Waals surface area contributed by atoms with Crippen molar-refractivity contribution in [3.8, 4) is 11.5 Å². The Bertz CT molecular complexity index is 817. The van der Waals surface area contributed by atoms with E-state index in [1.807, 2.05) is 18.2 Å². The van der Waals surface area contributed by atoms with Crippen LogP contribution in [-0.2, 0) is 24.4 Å². The number of nitrogens with zero attached hydrogens (tertiary/aromatic N) is 3. The molecule has 3 heterocycles. The second-order valence-electron chi connectivity index (χ2n) is 7.56. The van der Waals surface area contributed by atoms with Crippen molar-refractivity contribution in [2.75, 3.05) is 19.7 Å². The fourth-order valence-corrected chi connectivity index (χ4v) is 3.58. The Morgan fingerprint density at radius 1 is 1.30 bits per heavy atom. The Morgan fingerprint density at radius 3 is 2.93 bits per heavy atom. The van der Waals surface area contributed by atoms with Crippen LogP contribution in [0, 0.1) is 5.92 Å². The lowest BCUT2D eigenvalue weighted by molar-refractivity contribution is -0.130. The highest BCUT2D eigenvalue weighted by Gasteiger charge is 2.27. The predicted octanol–water partition coefficient (Wildman–Crippen LogP) is 1.81. The normalized spacial score (nSPS) is 19.0. The van der Waals surface area contributed by atoms with E-state index in [1.54, 1.807) is 6.07 Å². The van der Waals surface area contributed by atoms with Gasteiger partial charge in [-0.25, -0.2) is 0 Å². The van der Waals surface area contributed by atoms with Crippen LogP contribution in [-0.4, -0.2) is 46.4 Å². The molecule has 144 valence electrons. The number of para-hydroxylation sites is 2. The number of rotatable bonds is 5. The number of amides is 1. The Morgan fingerprint density at radius 2 is 2.11 bits per heavy atom. The van der Waals surface area contributed by atoms with Crippen LogP contribution >= 0.6 is 0 Å². The average Bonchev–Trinajstić information content (AvgIpc) is 3.07. The molecule has 27 heavy (non-hydrogen) atoms. The van der Waals surface area contributed by atoms with Gasteiger partial charge in [-0.05, 0) is 24.1 Å². The number of ether oxygens (including phenoxy) is 2. The molecule has 0 saturated carbocycles. The summed E-state index contributed by atoms with van der Waals surface area (Å²) in [4.78, 5) is 14.9. The molecule has 0 fully saturated rings. The third-order valence-electron chi connectivity index (χ3n) is 4.80. The van der Waals surface area contributed by atoms with Crippen LogP contribution < -0.4 is 14.8 Å². The third kappa shape index (κ3) is 4.08. The quantitative estimate of drug-likeness (QED) is 0.869. The van der Waals surface area contributed by atoms with Gasteiger partial charge in [-0.15, -0.1) is 0 Å². The molecule has 0 aliphatic carbocycles. The Labute approximate surface area is 159 Å². The van der Waals surface area contributed by atoms with Crippen LogP contribution in [0.15, 0.2) is 30.3 Å². The van der Waals surface area contributed by atoms with Gasteiger partial charge in [0.25, 0.3) is 5.91 Å². The Balaban J connectivity index is 1.32. The van der Waals surface area contributed by atoms with Crippen LogP contribution in [0.4, 0.5) is 0 Å². The molecule has 1 aromatic carbocycles. The van der Waals surface area contributed by atoms with Gasteiger partial charge in [-0.2, -0.15) is 5.10 Å². The maximum Gasteiger partial charge on any atom is 0.265 e. The van der Waals surface area contributed by atoms with E-state index in [2.05, 4.69) is 39.9 Å².